The number of allylic oxidation sites excluding steroid dienone is 1. The lowest BCUT2D eigenvalue weighted by molar-refractivity contribution is -0.124. The van der Waals surface area contributed by atoms with Crippen LogP contribution in [-0.4, -0.2) is 88.4 Å². The van der Waals surface area contributed by atoms with Gasteiger partial charge in [-0.05, 0) is 32.9 Å². The third kappa shape index (κ3) is 10.1. The highest BCUT2D eigenvalue weighted by atomic mass is 32.1. The molecule has 0 aliphatic heterocycles. The van der Waals surface area contributed by atoms with Crippen molar-refractivity contribution in [2.75, 3.05) is 0 Å². The fourth-order valence-electron chi connectivity index (χ4n) is 5.27. The Morgan fingerprint density at radius 1 is 0.758 bits per heavy atom. The number of ketones is 1. The average molecular weight is 903 g/mol. The molecule has 62 heavy (non-hydrogen) atoms. The van der Waals surface area contributed by atoms with E-state index in [0.29, 0.717) is 15.6 Å². The summed E-state index contributed by atoms with van der Waals surface area (Å²) in [7, 11) is 0. The number of carbonyl (C=O) groups excluding carboxylic acids is 7. The summed E-state index contributed by atoms with van der Waals surface area (Å²) in [5.41, 5.74) is 11.0. The summed E-state index contributed by atoms with van der Waals surface area (Å²) in [6.45, 7) is 5.73. The summed E-state index contributed by atoms with van der Waals surface area (Å²) in [4.78, 5) is 113. The molecule has 3 atom stereocenters. The topological polar surface area (TPSA) is 343 Å². The maximum absolute atomic E-state index is 13.4. The first kappa shape index (κ1) is 44.2. The third-order valence-corrected chi connectivity index (χ3v) is 11.2. The number of carbonyl (C=O) groups is 7. The first-order chi connectivity index (χ1) is 29.5. The molecule has 6 aromatic rings. The molecule has 6 rings (SSSR count). The Kier molecular flexibility index (Phi) is 13.5. The smallest absolute Gasteiger partial charge is 0.273 e. The van der Waals surface area contributed by atoms with Crippen LogP contribution in [-0.2, 0) is 11.3 Å². The van der Waals surface area contributed by atoms with Gasteiger partial charge in [-0.1, -0.05) is 6.08 Å². The van der Waals surface area contributed by atoms with Crippen molar-refractivity contribution >= 4 is 80.9 Å². The highest BCUT2D eigenvalue weighted by Crippen LogP contribution is 2.33. The van der Waals surface area contributed by atoms with Gasteiger partial charge in [0.1, 0.15) is 67.8 Å². The van der Waals surface area contributed by atoms with Crippen LogP contribution in [0.3, 0.4) is 0 Å². The zero-order chi connectivity index (χ0) is 44.8. The van der Waals surface area contributed by atoms with E-state index in [9.17, 15) is 38.7 Å². The average Bonchev–Trinajstić information content (AvgIpc) is 4.10. The van der Waals surface area contributed by atoms with Crippen molar-refractivity contribution < 1.29 is 47.5 Å². The number of primary amides is 2. The monoisotopic (exact) mass is 902 g/mol. The van der Waals surface area contributed by atoms with Crippen molar-refractivity contribution in [2.45, 2.75) is 52.4 Å². The molecule has 22 nitrogen and oxygen atoms in total. The van der Waals surface area contributed by atoms with E-state index in [1.54, 1.807) is 13.8 Å². The van der Waals surface area contributed by atoms with Gasteiger partial charge in [0.25, 0.3) is 35.4 Å². The van der Waals surface area contributed by atoms with Crippen LogP contribution >= 0.6 is 34.0 Å². The van der Waals surface area contributed by atoms with Crippen LogP contribution in [0.25, 0.3) is 27.7 Å². The van der Waals surface area contributed by atoms with E-state index >= 15 is 0 Å². The first-order valence-electron chi connectivity index (χ1n) is 18.0. The van der Waals surface area contributed by atoms with E-state index in [-0.39, 0.29) is 68.9 Å². The van der Waals surface area contributed by atoms with Crippen molar-refractivity contribution in [3.8, 4) is 22.0 Å². The molecule has 0 aliphatic carbocycles. The van der Waals surface area contributed by atoms with Crippen LogP contribution in [0.5, 0.6) is 0 Å². The molecule has 320 valence electrons. The fraction of sp³-hybridized carbons (Fsp3) is 0.216. The Labute approximate surface area is 361 Å². The molecular formula is C37H34N12O10S3. The number of amides is 6. The summed E-state index contributed by atoms with van der Waals surface area (Å²) >= 11 is 3.33. The number of aromatic nitrogens is 6. The van der Waals surface area contributed by atoms with E-state index in [1.165, 1.54) is 65.8 Å². The van der Waals surface area contributed by atoms with Crippen LogP contribution in [0.4, 0.5) is 0 Å². The van der Waals surface area contributed by atoms with Gasteiger partial charge in [0.05, 0.1) is 24.4 Å². The molecule has 9 N–H and O–H groups in total. The lowest BCUT2D eigenvalue weighted by atomic mass is 10.1. The molecule has 3 unspecified atom stereocenters. The minimum absolute atomic E-state index is 0.0125. The molecule has 0 radical (unpaired) electrons. The number of nitrogens with two attached hydrogens (primary N) is 2. The minimum atomic E-state index is -1.51. The number of nitrogens with zero attached hydrogens (tertiary/aromatic N) is 6. The molecule has 0 saturated heterocycles. The quantitative estimate of drug-likeness (QED) is 0.0645. The Balaban J connectivity index is 1.06. The van der Waals surface area contributed by atoms with Crippen molar-refractivity contribution in [1.82, 2.24) is 51.2 Å². The van der Waals surface area contributed by atoms with Crippen molar-refractivity contribution in [3.63, 3.8) is 0 Å². The number of hydrogen-bond donors (Lipinski definition) is 7. The molecule has 0 bridgehead atoms. The lowest BCUT2D eigenvalue weighted by Gasteiger charge is -2.20. The molecule has 0 saturated carbocycles. The molecule has 6 heterocycles. The van der Waals surface area contributed by atoms with Gasteiger partial charge in [-0.15, -0.1) is 34.0 Å². The van der Waals surface area contributed by atoms with Crippen LogP contribution in [0.2, 0.25) is 0 Å². The predicted molar refractivity (Wildman–Crippen MR) is 220 cm³/mol. The number of hydrogen-bond acceptors (Lipinski definition) is 19. The normalized spacial score (nSPS) is 12.8. The predicted octanol–water partition coefficient (Wildman–Crippen LogP) is 2.24. The number of thiazole rings is 3. The second kappa shape index (κ2) is 18.9. The summed E-state index contributed by atoms with van der Waals surface area (Å²) in [5.74, 6) is -5.14. The Bertz CT molecular complexity index is 2750. The van der Waals surface area contributed by atoms with E-state index in [0.717, 1.165) is 28.9 Å². The summed E-state index contributed by atoms with van der Waals surface area (Å²) in [6.07, 6.45) is 2.26. The highest BCUT2D eigenvalue weighted by Gasteiger charge is 2.30. The van der Waals surface area contributed by atoms with Gasteiger partial charge in [0.15, 0.2) is 5.69 Å². The Hall–Kier alpha value is -7.35. The number of Topliss-reactive ketones (excluding diaryl/α,β-unsaturated/α-hetero) is 1. The van der Waals surface area contributed by atoms with Gasteiger partial charge in [-0.3, -0.25) is 33.6 Å². The Morgan fingerprint density at radius 3 is 2.10 bits per heavy atom. The fourth-order valence-corrected chi connectivity index (χ4v) is 7.62. The second-order valence-corrected chi connectivity index (χ2v) is 15.6. The summed E-state index contributed by atoms with van der Waals surface area (Å²) < 4.78 is 10.7. The molecular weight excluding hydrogens is 869 g/mol. The van der Waals surface area contributed by atoms with Crippen LogP contribution in [0, 0.1) is 0 Å². The zero-order valence-electron chi connectivity index (χ0n) is 32.7. The minimum Gasteiger partial charge on any atom is -0.443 e. The molecule has 0 spiro atoms. The van der Waals surface area contributed by atoms with E-state index in [1.807, 2.05) is 0 Å². The molecule has 0 aliphatic rings. The molecule has 0 fully saturated rings. The number of aliphatic hydroxyl groups excluding tert-OH is 1. The first-order valence-corrected chi connectivity index (χ1v) is 20.6. The van der Waals surface area contributed by atoms with Gasteiger partial charge in [0, 0.05) is 28.6 Å². The van der Waals surface area contributed by atoms with E-state index < -0.39 is 59.4 Å². The lowest BCUT2D eigenvalue weighted by Crippen LogP contribution is -2.52. The summed E-state index contributed by atoms with van der Waals surface area (Å²) in [5, 5.41) is 26.5. The van der Waals surface area contributed by atoms with Gasteiger partial charge in [-0.2, -0.15) is 0 Å². The second-order valence-electron chi connectivity index (χ2n) is 12.9. The standard InChI is InChI=1S/C37H34N12O10S3/c1-5-18(35-46-21(10-59-35)30(54)40-8-25-42-23(12-60-25)31(55)41-14(2)36-47-22(11-61-36)29(39)53)44-33(57)26(15(3)50)49-32(56)24-13-62-37(48-24)17-6-7-19(28(38)52)43-27(17)20-9-58-34(45-20)16(4)51/h5-7,9-15,26,50H,8H2,1-4H3,(H2,38,52)(H2,39,53)(H,40,54)(H,41,55)(H,44,57)(H,49,56)/b18-5-. The maximum atomic E-state index is 13.4. The molecule has 25 heteroatoms. The highest BCUT2D eigenvalue weighted by molar-refractivity contribution is 7.13. The summed E-state index contributed by atoms with van der Waals surface area (Å²) in [6, 6.07) is 0.805. The van der Waals surface area contributed by atoms with Crippen LogP contribution < -0.4 is 32.7 Å². The van der Waals surface area contributed by atoms with Gasteiger partial charge >= 0.3 is 0 Å². The van der Waals surface area contributed by atoms with Crippen molar-refractivity contribution in [3.05, 3.63) is 97.1 Å². The van der Waals surface area contributed by atoms with E-state index in [2.05, 4.69) is 51.2 Å². The number of nitrogens with one attached hydrogen (secondary N) is 4. The largest absolute Gasteiger partial charge is 0.443 e. The Morgan fingerprint density at radius 2 is 1.44 bits per heavy atom. The van der Waals surface area contributed by atoms with Crippen molar-refractivity contribution in [1.29, 1.82) is 0 Å². The van der Waals surface area contributed by atoms with Gasteiger partial charge in [0.2, 0.25) is 17.6 Å². The zero-order valence-corrected chi connectivity index (χ0v) is 35.2. The molecule has 6 aromatic heterocycles. The van der Waals surface area contributed by atoms with Gasteiger partial charge < -0.3 is 46.7 Å². The number of pyridine rings is 1. The SMILES string of the molecule is C/C=C(\NC(=O)C(NC(=O)c1csc(-c2ccc(C(N)=O)nc2-c2coc(C(C)=O)n2)n1)C(C)O)c1nc(C(=O)NCc2nc(C(=O)NC(C)c3nc(C(N)=O)cs3)cs2)co1. The molecule has 0 aromatic carbocycles. The molecule has 6 amide bonds. The van der Waals surface area contributed by atoms with Crippen molar-refractivity contribution in [2.24, 2.45) is 11.5 Å². The number of oxazole rings is 2. The van der Waals surface area contributed by atoms with E-state index in [4.69, 9.17) is 20.3 Å². The third-order valence-electron chi connectivity index (χ3n) is 8.41. The van der Waals surface area contributed by atoms with Gasteiger partial charge in [-0.25, -0.2) is 29.9 Å². The number of aliphatic hydroxyl groups is 1. The number of rotatable bonds is 17. The van der Waals surface area contributed by atoms with Crippen LogP contribution in [0.1, 0.15) is 113 Å². The maximum Gasteiger partial charge on any atom is 0.273 e. The van der Waals surface area contributed by atoms with Crippen LogP contribution in [0.15, 0.2) is 55.7 Å².